The summed E-state index contributed by atoms with van der Waals surface area (Å²) in [6, 6.07) is 28.6. The number of allylic oxidation sites excluding steroid dienone is 2. The molecule has 4 aromatic carbocycles. The topological polar surface area (TPSA) is 156 Å². The molecule has 4 aliphatic rings. The number of carbonyl (C=O) groups is 2. The van der Waals surface area contributed by atoms with Crippen LogP contribution < -0.4 is 20.7 Å². The lowest BCUT2D eigenvalue weighted by Gasteiger charge is -2.33. The van der Waals surface area contributed by atoms with Crippen LogP contribution in [0.1, 0.15) is 111 Å². The lowest BCUT2D eigenvalue weighted by atomic mass is 9.73. The molecule has 9 rings (SSSR count). The third-order valence-electron chi connectivity index (χ3n) is 15.5. The summed E-state index contributed by atoms with van der Waals surface area (Å²) in [7, 11) is 1.52. The molecular formula is C60H70N4O6. The first kappa shape index (κ1) is 48.9. The minimum Gasteiger partial charge on any atom is -0.504 e. The van der Waals surface area contributed by atoms with Gasteiger partial charge in [-0.1, -0.05) is 92.8 Å². The number of aryl methyl sites for hydroxylation is 1. The van der Waals surface area contributed by atoms with Crippen LogP contribution in [-0.2, 0) is 28.9 Å². The average Bonchev–Trinajstić information content (AvgIpc) is 3.74. The predicted molar refractivity (Wildman–Crippen MR) is 278 cm³/mol. The standard InChI is InChI=1S/C60H70N4O6/c1-4-8-53-46-24-40(23-43-15-18-52(42-9-6-5-7-10-42)54-33-58(69)59(70-3)30-44(54)14-17-50(65)32-57(68)55(43)29-46)21-39-19-20-62-60(26-39)64-48-16-13-41-12-11-38(22-45(41)27-48)25-51(66)36-61-34-37(2)47-28-49(63-35-47)31-56(53)67/h5-7,9-13,16,19,22,26-28,30,33,35,37,40,43,46,51-53,55-56,61-64,66-67,69H,4,8,14,17,20-21,23-25,29,31-32,34,36H2,1-3H3/t37-,40-,43+,46+,51-,52-,53-,55-,56+/m1/s1. The van der Waals surface area contributed by atoms with Gasteiger partial charge in [-0.25, -0.2) is 0 Å². The zero-order valence-electron chi connectivity index (χ0n) is 41.0. The van der Waals surface area contributed by atoms with Crippen molar-refractivity contribution in [2.75, 3.05) is 32.1 Å². The number of nitrogens with one attached hydrogen (secondary N) is 4. The molecular weight excluding hydrogens is 873 g/mol. The van der Waals surface area contributed by atoms with Crippen LogP contribution in [0, 0.1) is 41.4 Å². The molecule has 1 saturated carbocycles. The molecule has 0 spiro atoms. The number of ether oxygens (including phenoxy) is 1. The number of hydrogen-bond acceptors (Lipinski definition) is 9. The summed E-state index contributed by atoms with van der Waals surface area (Å²) in [6.45, 7) is 6.18. The number of benzene rings is 4. The van der Waals surface area contributed by atoms with E-state index in [1.165, 1.54) is 12.7 Å². The highest BCUT2D eigenvalue weighted by atomic mass is 16.5. The summed E-state index contributed by atoms with van der Waals surface area (Å²) in [5.41, 5.74) is 8.03. The van der Waals surface area contributed by atoms with Gasteiger partial charge in [-0.05, 0) is 149 Å². The number of aliphatic hydroxyl groups is 2. The van der Waals surface area contributed by atoms with E-state index < -0.39 is 24.0 Å². The lowest BCUT2D eigenvalue weighted by molar-refractivity contribution is -0.130. The smallest absolute Gasteiger partial charge is 0.160 e. The third kappa shape index (κ3) is 11.7. The molecule has 7 N–H and O–H groups in total. The van der Waals surface area contributed by atoms with E-state index in [9.17, 15) is 24.9 Å². The van der Waals surface area contributed by atoms with Crippen LogP contribution in [-0.4, -0.2) is 70.8 Å². The minimum atomic E-state index is -0.659. The van der Waals surface area contributed by atoms with Gasteiger partial charge in [0.05, 0.1) is 31.7 Å². The quantitative estimate of drug-likeness (QED) is 0.0689. The van der Waals surface area contributed by atoms with Crippen LogP contribution in [0.5, 0.6) is 11.5 Å². The Labute approximate surface area is 413 Å². The Balaban J connectivity index is 1.12. The Kier molecular flexibility index (Phi) is 15.6. The molecule has 2 aliphatic carbocycles. The Hall–Kier alpha value is -6.12. The summed E-state index contributed by atoms with van der Waals surface area (Å²) < 4.78 is 5.54. The number of anilines is 1. The predicted octanol–water partition coefficient (Wildman–Crippen LogP) is 9.64. The molecule has 9 bridgehead atoms. The van der Waals surface area contributed by atoms with Gasteiger partial charge in [0.2, 0.25) is 0 Å². The number of carbonyl (C=O) groups excluding carboxylic acids is 2. The van der Waals surface area contributed by atoms with Gasteiger partial charge in [-0.2, -0.15) is 0 Å². The highest BCUT2D eigenvalue weighted by Gasteiger charge is 2.41. The lowest BCUT2D eigenvalue weighted by Crippen LogP contribution is -2.33. The molecule has 0 saturated heterocycles. The number of aromatic nitrogens is 1. The molecule has 5 aromatic rings. The zero-order valence-corrected chi connectivity index (χ0v) is 41.0. The number of phenols is 1. The van der Waals surface area contributed by atoms with Gasteiger partial charge in [0.1, 0.15) is 17.4 Å². The molecule has 0 unspecified atom stereocenters. The molecule has 366 valence electrons. The number of phenolic OH excluding ortho intramolecular Hbond substituents is 1. The summed E-state index contributed by atoms with van der Waals surface area (Å²) in [4.78, 5) is 32.3. The number of fused-ring (bicyclic) bond motifs is 9. The van der Waals surface area contributed by atoms with Crippen LogP contribution in [0.15, 0.2) is 115 Å². The molecule has 10 heteroatoms. The summed E-state index contributed by atoms with van der Waals surface area (Å²) in [5, 5.41) is 47.6. The number of aromatic hydroxyl groups is 1. The van der Waals surface area contributed by atoms with Crippen LogP contribution in [0.3, 0.4) is 0 Å². The highest BCUT2D eigenvalue weighted by molar-refractivity contribution is 6.00. The van der Waals surface area contributed by atoms with E-state index in [0.29, 0.717) is 57.5 Å². The van der Waals surface area contributed by atoms with Crippen molar-refractivity contribution in [3.63, 3.8) is 0 Å². The number of aliphatic hydroxyl groups excluding tert-OH is 2. The van der Waals surface area contributed by atoms with Crippen molar-refractivity contribution in [2.45, 2.75) is 109 Å². The van der Waals surface area contributed by atoms with Gasteiger partial charge in [0.15, 0.2) is 11.5 Å². The zero-order chi connectivity index (χ0) is 48.7. The molecule has 1 fully saturated rings. The highest BCUT2D eigenvalue weighted by Crippen LogP contribution is 2.45. The Bertz CT molecular complexity index is 2780. The summed E-state index contributed by atoms with van der Waals surface area (Å²) in [5.74, 6) is 7.52. The third-order valence-corrected chi connectivity index (χ3v) is 15.5. The molecule has 2 aliphatic heterocycles. The van der Waals surface area contributed by atoms with Crippen LogP contribution in [0.25, 0.3) is 10.8 Å². The van der Waals surface area contributed by atoms with Crippen molar-refractivity contribution in [1.29, 1.82) is 0 Å². The maximum atomic E-state index is 14.9. The van der Waals surface area contributed by atoms with Gasteiger partial charge in [-0.3, -0.25) is 9.59 Å². The van der Waals surface area contributed by atoms with E-state index in [1.54, 1.807) is 6.07 Å². The molecule has 0 radical (unpaired) electrons. The molecule has 0 amide bonds. The van der Waals surface area contributed by atoms with E-state index >= 15 is 0 Å². The fourth-order valence-electron chi connectivity index (χ4n) is 11.8. The number of β-amino-alcohol motifs (C(OH)–C–C–N with tert-alkyl or cyclic N) is 1. The SMILES string of the molecule is CCC[C@@H]1[C@H]2C[C@H](CC3=CCNC(=C3)Nc3ccc4ccc(cc4c3)C[C@@H](O)CNC[C@@H](C)c3c[nH]c(c3)C[C@@H]1O)C[C@@H]1C#C[C@H](c3ccccc3)c3cc(O)c(OC)cc3CCC(=O)CC(=O)[C@@H]1C2. The van der Waals surface area contributed by atoms with Crippen molar-refractivity contribution in [1.82, 2.24) is 15.6 Å². The fraction of sp³-hybridized carbons (Fsp3) is 0.433. The number of aromatic amines is 1. The second-order valence-electron chi connectivity index (χ2n) is 20.6. The second-order valence-corrected chi connectivity index (χ2v) is 20.6. The Morgan fingerprint density at radius 1 is 0.843 bits per heavy atom. The van der Waals surface area contributed by atoms with E-state index in [0.717, 1.165) is 81.5 Å². The van der Waals surface area contributed by atoms with Gasteiger partial charge < -0.3 is 41.0 Å². The van der Waals surface area contributed by atoms with Crippen molar-refractivity contribution < 1.29 is 29.6 Å². The number of H-pyrrole nitrogens is 1. The molecule has 9 atom stereocenters. The first-order valence-electron chi connectivity index (χ1n) is 25.7. The summed E-state index contributed by atoms with van der Waals surface area (Å²) >= 11 is 0. The van der Waals surface area contributed by atoms with E-state index in [2.05, 4.69) is 113 Å². The van der Waals surface area contributed by atoms with Crippen LogP contribution in [0.2, 0.25) is 0 Å². The van der Waals surface area contributed by atoms with Crippen molar-refractivity contribution in [3.05, 3.63) is 148 Å². The number of dihydropyridines is 1. The average molecular weight is 943 g/mol. The van der Waals surface area contributed by atoms with E-state index in [-0.39, 0.29) is 59.7 Å². The maximum Gasteiger partial charge on any atom is 0.160 e. The monoisotopic (exact) mass is 943 g/mol. The fourth-order valence-corrected chi connectivity index (χ4v) is 11.8. The normalized spacial score (nSPS) is 27.0. The number of methoxy groups -OCH3 is 1. The summed E-state index contributed by atoms with van der Waals surface area (Å²) in [6.07, 6.45) is 11.2. The Morgan fingerprint density at radius 2 is 1.69 bits per heavy atom. The molecule has 70 heavy (non-hydrogen) atoms. The van der Waals surface area contributed by atoms with Gasteiger partial charge in [-0.15, -0.1) is 0 Å². The van der Waals surface area contributed by atoms with E-state index in [4.69, 9.17) is 4.74 Å². The maximum absolute atomic E-state index is 14.9. The van der Waals surface area contributed by atoms with Gasteiger partial charge in [0.25, 0.3) is 0 Å². The van der Waals surface area contributed by atoms with Crippen LogP contribution in [0.4, 0.5) is 5.69 Å². The largest absolute Gasteiger partial charge is 0.504 e. The molecule has 1 aromatic heterocycles. The van der Waals surface area contributed by atoms with Crippen molar-refractivity contribution >= 4 is 28.0 Å². The second kappa shape index (κ2) is 22.3. The van der Waals surface area contributed by atoms with Crippen molar-refractivity contribution in [2.24, 2.45) is 29.6 Å². The van der Waals surface area contributed by atoms with Crippen molar-refractivity contribution in [3.8, 4) is 23.3 Å². The van der Waals surface area contributed by atoms with E-state index in [1.807, 2.05) is 30.5 Å². The number of rotatable bonds is 4. The van der Waals surface area contributed by atoms with Gasteiger partial charge >= 0.3 is 0 Å². The first-order valence-corrected chi connectivity index (χ1v) is 25.7. The molecule has 3 heterocycles. The Morgan fingerprint density at radius 3 is 2.51 bits per heavy atom. The number of ketones is 2. The minimum absolute atomic E-state index is 0.00334. The van der Waals surface area contributed by atoms with Gasteiger partial charge in [0, 0.05) is 61.9 Å². The number of hydrogen-bond donors (Lipinski definition) is 7. The first-order chi connectivity index (χ1) is 34.0. The number of Topliss-reactive ketones (excluding diaryl/α,β-unsaturated/α-hetero) is 2. The molecule has 10 nitrogen and oxygen atoms in total. The van der Waals surface area contributed by atoms with Crippen LogP contribution >= 0.6 is 0 Å².